The lowest BCUT2D eigenvalue weighted by Crippen LogP contribution is -2.54. The Hall–Kier alpha value is -1.64. The highest BCUT2D eigenvalue weighted by molar-refractivity contribution is 7.86. The minimum absolute atomic E-state index is 0.0345. The van der Waals surface area contributed by atoms with Crippen LogP contribution in [0.3, 0.4) is 0 Å². The molecule has 2 aliphatic heterocycles. The molecule has 1 fully saturated rings. The molecule has 0 bridgehead atoms. The second kappa shape index (κ2) is 5.53. The van der Waals surface area contributed by atoms with E-state index < -0.39 is 10.2 Å². The van der Waals surface area contributed by atoms with Crippen molar-refractivity contribution in [2.24, 2.45) is 5.14 Å². The second-order valence-electron chi connectivity index (χ2n) is 5.77. The standard InChI is InChI=1S/C14H20N4O3S/c1-16-13-5-3-2-4-11(13)10-18(14(16)19)12-6-8-17(9-7-12)22(15,20)21/h2-5,12H,6-10H2,1H3,(H2,15,20,21). The monoisotopic (exact) mass is 324 g/mol. The SMILES string of the molecule is CN1C(=O)N(C2CCN(S(N)(=O)=O)CC2)Cc2ccccc21. The summed E-state index contributed by atoms with van der Waals surface area (Å²) in [4.78, 5) is 16.1. The summed E-state index contributed by atoms with van der Waals surface area (Å²) in [6.07, 6.45) is 1.22. The van der Waals surface area contributed by atoms with Gasteiger partial charge < -0.3 is 4.90 Å². The number of benzene rings is 1. The lowest BCUT2D eigenvalue weighted by atomic mass is 10.0. The lowest BCUT2D eigenvalue weighted by molar-refractivity contribution is 0.143. The van der Waals surface area contributed by atoms with Gasteiger partial charge in [0.15, 0.2) is 0 Å². The Morgan fingerprint density at radius 3 is 2.45 bits per heavy atom. The second-order valence-corrected chi connectivity index (χ2v) is 7.32. The summed E-state index contributed by atoms with van der Waals surface area (Å²) in [6.45, 7) is 1.29. The largest absolute Gasteiger partial charge is 0.324 e. The van der Waals surface area contributed by atoms with Crippen molar-refractivity contribution in [2.75, 3.05) is 25.0 Å². The van der Waals surface area contributed by atoms with Crippen LogP contribution < -0.4 is 10.0 Å². The van der Waals surface area contributed by atoms with Crippen molar-refractivity contribution >= 4 is 21.9 Å². The molecule has 1 aromatic carbocycles. The van der Waals surface area contributed by atoms with Crippen molar-refractivity contribution in [3.63, 3.8) is 0 Å². The number of nitrogens with two attached hydrogens (primary N) is 1. The third-order valence-electron chi connectivity index (χ3n) is 4.45. The van der Waals surface area contributed by atoms with E-state index in [1.165, 1.54) is 4.31 Å². The third kappa shape index (κ3) is 2.69. The van der Waals surface area contributed by atoms with Crippen LogP contribution in [0.25, 0.3) is 0 Å². The van der Waals surface area contributed by atoms with E-state index in [1.54, 1.807) is 11.9 Å². The lowest BCUT2D eigenvalue weighted by Gasteiger charge is -2.42. The Morgan fingerprint density at radius 1 is 1.18 bits per heavy atom. The minimum atomic E-state index is -3.63. The number of fused-ring (bicyclic) bond motifs is 1. The molecule has 120 valence electrons. The fourth-order valence-corrected chi connectivity index (χ4v) is 3.93. The summed E-state index contributed by atoms with van der Waals surface area (Å²) >= 11 is 0. The number of amides is 2. The number of piperidine rings is 1. The van der Waals surface area contributed by atoms with Crippen LogP contribution in [0.15, 0.2) is 24.3 Å². The Kier molecular flexibility index (Phi) is 3.84. The summed E-state index contributed by atoms with van der Waals surface area (Å²) < 4.78 is 24.0. The number of urea groups is 1. The zero-order chi connectivity index (χ0) is 15.9. The van der Waals surface area contributed by atoms with Gasteiger partial charge in [0.25, 0.3) is 10.2 Å². The van der Waals surface area contributed by atoms with E-state index in [-0.39, 0.29) is 12.1 Å². The van der Waals surface area contributed by atoms with Crippen LogP contribution in [0.2, 0.25) is 0 Å². The molecular weight excluding hydrogens is 304 g/mol. The number of hydrogen-bond acceptors (Lipinski definition) is 3. The predicted octanol–water partition coefficient (Wildman–Crippen LogP) is 0.726. The van der Waals surface area contributed by atoms with Crippen LogP contribution >= 0.6 is 0 Å². The van der Waals surface area contributed by atoms with Crippen LogP contribution in [0.5, 0.6) is 0 Å². The number of rotatable bonds is 2. The first-order valence-corrected chi connectivity index (χ1v) is 8.78. The predicted molar refractivity (Wildman–Crippen MR) is 83.5 cm³/mol. The molecule has 2 heterocycles. The van der Waals surface area contributed by atoms with E-state index in [9.17, 15) is 13.2 Å². The van der Waals surface area contributed by atoms with Crippen LogP contribution in [-0.2, 0) is 16.8 Å². The smallest absolute Gasteiger partial charge is 0.317 e. The van der Waals surface area contributed by atoms with E-state index in [4.69, 9.17) is 5.14 Å². The highest BCUT2D eigenvalue weighted by atomic mass is 32.2. The summed E-state index contributed by atoms with van der Waals surface area (Å²) in [5, 5.41) is 5.16. The van der Waals surface area contributed by atoms with E-state index >= 15 is 0 Å². The normalized spacial score (nSPS) is 21.1. The van der Waals surface area contributed by atoms with Gasteiger partial charge in [0, 0.05) is 32.7 Å². The molecule has 22 heavy (non-hydrogen) atoms. The van der Waals surface area contributed by atoms with Crippen LogP contribution in [0.4, 0.5) is 10.5 Å². The molecule has 0 atom stereocenters. The fraction of sp³-hybridized carbons (Fsp3) is 0.500. The molecule has 0 saturated carbocycles. The molecule has 1 aromatic rings. The Labute approximate surface area is 130 Å². The molecule has 0 spiro atoms. The summed E-state index contributed by atoms with van der Waals surface area (Å²) in [7, 11) is -1.86. The molecule has 2 aliphatic rings. The molecule has 8 heteroatoms. The van der Waals surface area contributed by atoms with Crippen molar-refractivity contribution in [3.05, 3.63) is 29.8 Å². The van der Waals surface area contributed by atoms with E-state index in [2.05, 4.69) is 0 Å². The maximum atomic E-state index is 12.6. The number of nitrogens with zero attached hydrogens (tertiary/aromatic N) is 3. The average molecular weight is 324 g/mol. The molecule has 2 N–H and O–H groups in total. The summed E-state index contributed by atoms with van der Waals surface area (Å²) in [5.74, 6) is 0. The Bertz CT molecular complexity index is 683. The Balaban J connectivity index is 1.76. The van der Waals surface area contributed by atoms with Gasteiger partial charge in [-0.2, -0.15) is 12.7 Å². The highest BCUT2D eigenvalue weighted by Gasteiger charge is 2.35. The zero-order valence-electron chi connectivity index (χ0n) is 12.5. The van der Waals surface area contributed by atoms with Crippen molar-refractivity contribution in [1.29, 1.82) is 0 Å². The summed E-state index contributed by atoms with van der Waals surface area (Å²) in [5.41, 5.74) is 2.05. The van der Waals surface area contributed by atoms with Gasteiger partial charge in [0.1, 0.15) is 0 Å². The molecule has 0 unspecified atom stereocenters. The molecule has 0 aliphatic carbocycles. The molecular formula is C14H20N4O3S. The van der Waals surface area contributed by atoms with Crippen molar-refractivity contribution in [1.82, 2.24) is 9.21 Å². The van der Waals surface area contributed by atoms with Crippen LogP contribution in [0, 0.1) is 0 Å². The van der Waals surface area contributed by atoms with Crippen LogP contribution in [0.1, 0.15) is 18.4 Å². The first-order chi connectivity index (χ1) is 10.4. The van der Waals surface area contributed by atoms with Gasteiger partial charge in [0.05, 0.1) is 5.69 Å². The number of hydrogen-bond donors (Lipinski definition) is 1. The average Bonchev–Trinajstić information content (AvgIpc) is 2.50. The molecule has 3 rings (SSSR count). The first-order valence-electron chi connectivity index (χ1n) is 7.28. The quantitative estimate of drug-likeness (QED) is 0.870. The zero-order valence-corrected chi connectivity index (χ0v) is 13.3. The number of anilines is 1. The number of para-hydroxylation sites is 1. The fourth-order valence-electron chi connectivity index (χ4n) is 3.21. The van der Waals surface area contributed by atoms with Crippen molar-refractivity contribution in [3.8, 4) is 0 Å². The molecule has 7 nitrogen and oxygen atoms in total. The highest BCUT2D eigenvalue weighted by Crippen LogP contribution is 2.30. The molecule has 2 amide bonds. The van der Waals surface area contributed by atoms with Gasteiger partial charge in [0.2, 0.25) is 0 Å². The number of carbonyl (C=O) groups is 1. The van der Waals surface area contributed by atoms with Gasteiger partial charge in [-0.25, -0.2) is 9.93 Å². The van der Waals surface area contributed by atoms with E-state index in [0.29, 0.717) is 32.5 Å². The first kappa shape index (κ1) is 15.3. The van der Waals surface area contributed by atoms with Gasteiger partial charge >= 0.3 is 6.03 Å². The maximum absolute atomic E-state index is 12.6. The van der Waals surface area contributed by atoms with Gasteiger partial charge in [-0.3, -0.25) is 4.90 Å². The van der Waals surface area contributed by atoms with Gasteiger partial charge in [-0.1, -0.05) is 18.2 Å². The van der Waals surface area contributed by atoms with E-state index in [1.807, 2.05) is 29.2 Å². The van der Waals surface area contributed by atoms with E-state index in [0.717, 1.165) is 11.3 Å². The van der Waals surface area contributed by atoms with Crippen molar-refractivity contribution in [2.45, 2.75) is 25.4 Å². The van der Waals surface area contributed by atoms with Crippen LogP contribution in [-0.4, -0.2) is 49.8 Å². The summed E-state index contributed by atoms with van der Waals surface area (Å²) in [6, 6.07) is 7.85. The molecule has 0 radical (unpaired) electrons. The molecule has 1 saturated heterocycles. The Morgan fingerprint density at radius 2 is 1.82 bits per heavy atom. The van der Waals surface area contributed by atoms with Gasteiger partial charge in [-0.15, -0.1) is 0 Å². The third-order valence-corrected chi connectivity index (χ3v) is 5.54. The topological polar surface area (TPSA) is 86.9 Å². The maximum Gasteiger partial charge on any atom is 0.324 e. The molecule has 0 aromatic heterocycles. The van der Waals surface area contributed by atoms with Crippen molar-refractivity contribution < 1.29 is 13.2 Å². The van der Waals surface area contributed by atoms with Gasteiger partial charge in [-0.05, 0) is 24.5 Å². The number of carbonyl (C=O) groups excluding carboxylic acids is 1. The minimum Gasteiger partial charge on any atom is -0.317 e.